The average molecular weight is 254 g/mol. The molecule has 0 bridgehead atoms. The Kier molecular flexibility index (Phi) is 4.54. The van der Waals surface area contributed by atoms with Crippen LogP contribution in [-0.4, -0.2) is 41.2 Å². The lowest BCUT2D eigenvalue weighted by Crippen LogP contribution is -2.34. The maximum Gasteiger partial charge on any atom is 0.0972 e. The number of aromatic nitrogens is 1. The first-order valence-electron chi connectivity index (χ1n) is 6.53. The first-order chi connectivity index (χ1) is 8.24. The van der Waals surface area contributed by atoms with Crippen molar-refractivity contribution in [2.75, 3.05) is 26.2 Å². The number of nitrogens with zero attached hydrogens (tertiary/aromatic N) is 2. The van der Waals surface area contributed by atoms with Crippen LogP contribution in [0.25, 0.3) is 0 Å². The summed E-state index contributed by atoms with van der Waals surface area (Å²) in [5.41, 5.74) is 1.06. The van der Waals surface area contributed by atoms with Crippen LogP contribution in [0.3, 0.4) is 0 Å². The number of thiazole rings is 1. The van der Waals surface area contributed by atoms with E-state index >= 15 is 0 Å². The van der Waals surface area contributed by atoms with E-state index in [-0.39, 0.29) is 12.5 Å². The van der Waals surface area contributed by atoms with Gasteiger partial charge in [0.1, 0.15) is 0 Å². The van der Waals surface area contributed by atoms with Gasteiger partial charge >= 0.3 is 0 Å². The summed E-state index contributed by atoms with van der Waals surface area (Å²) in [6, 6.07) is 0. The van der Waals surface area contributed by atoms with Crippen LogP contribution >= 0.6 is 11.3 Å². The van der Waals surface area contributed by atoms with Gasteiger partial charge in [0.2, 0.25) is 0 Å². The third kappa shape index (κ3) is 3.06. The highest BCUT2D eigenvalue weighted by Gasteiger charge is 2.23. The normalized spacial score (nSPS) is 23.8. The fourth-order valence-corrected chi connectivity index (χ4v) is 3.42. The molecule has 1 saturated heterocycles. The molecule has 1 N–H and O–H groups in total. The molecule has 0 aliphatic carbocycles. The van der Waals surface area contributed by atoms with Crippen molar-refractivity contribution < 1.29 is 5.11 Å². The summed E-state index contributed by atoms with van der Waals surface area (Å²) in [6.07, 6.45) is 2.54. The van der Waals surface area contributed by atoms with E-state index in [9.17, 15) is 0 Å². The van der Waals surface area contributed by atoms with Crippen LogP contribution in [0, 0.1) is 0 Å². The van der Waals surface area contributed by atoms with E-state index in [1.807, 2.05) is 6.92 Å². The highest BCUT2D eigenvalue weighted by atomic mass is 32.1. The molecular weight excluding hydrogens is 232 g/mol. The highest BCUT2D eigenvalue weighted by Crippen LogP contribution is 2.30. The standard InChI is InChI=1S/C13H22N2OS/c1-3-15-6-4-5-11(7-15)13-14-12(9-17-13)10(2)8-16/h9-11,16H,3-8H2,1-2H3. The molecule has 3 nitrogen and oxygen atoms in total. The summed E-state index contributed by atoms with van der Waals surface area (Å²) in [7, 11) is 0. The van der Waals surface area contributed by atoms with Crippen molar-refractivity contribution in [1.29, 1.82) is 0 Å². The molecule has 1 aliphatic heterocycles. The first-order valence-corrected chi connectivity index (χ1v) is 7.41. The summed E-state index contributed by atoms with van der Waals surface area (Å²) < 4.78 is 0. The maximum absolute atomic E-state index is 9.14. The van der Waals surface area contributed by atoms with Gasteiger partial charge in [-0.05, 0) is 25.9 Å². The molecule has 1 aromatic heterocycles. The van der Waals surface area contributed by atoms with Gasteiger partial charge in [-0.15, -0.1) is 11.3 Å². The van der Waals surface area contributed by atoms with E-state index in [2.05, 4.69) is 17.2 Å². The zero-order valence-corrected chi connectivity index (χ0v) is 11.5. The van der Waals surface area contributed by atoms with Gasteiger partial charge in [-0.25, -0.2) is 4.98 Å². The molecule has 4 heteroatoms. The SMILES string of the molecule is CCN1CCCC(c2nc(C(C)CO)cs2)C1. The van der Waals surface area contributed by atoms with E-state index < -0.39 is 0 Å². The van der Waals surface area contributed by atoms with Crippen molar-refractivity contribution in [2.45, 2.75) is 38.5 Å². The zero-order valence-electron chi connectivity index (χ0n) is 10.7. The van der Waals surface area contributed by atoms with Crippen molar-refractivity contribution in [3.63, 3.8) is 0 Å². The molecule has 17 heavy (non-hydrogen) atoms. The Balaban J connectivity index is 2.04. The largest absolute Gasteiger partial charge is 0.396 e. The van der Waals surface area contributed by atoms with Gasteiger partial charge in [-0.1, -0.05) is 13.8 Å². The van der Waals surface area contributed by atoms with E-state index in [1.54, 1.807) is 11.3 Å². The molecule has 1 aliphatic rings. The van der Waals surface area contributed by atoms with Crippen LogP contribution in [-0.2, 0) is 0 Å². The van der Waals surface area contributed by atoms with E-state index in [1.165, 1.54) is 24.4 Å². The molecule has 2 atom stereocenters. The fraction of sp³-hybridized carbons (Fsp3) is 0.769. The number of aliphatic hydroxyl groups excluding tert-OH is 1. The maximum atomic E-state index is 9.14. The van der Waals surface area contributed by atoms with Gasteiger partial charge in [-0.3, -0.25) is 0 Å². The molecule has 96 valence electrons. The Morgan fingerprint density at radius 3 is 3.18 bits per heavy atom. The quantitative estimate of drug-likeness (QED) is 0.896. The van der Waals surface area contributed by atoms with Crippen LogP contribution in [0.4, 0.5) is 0 Å². The van der Waals surface area contributed by atoms with Gasteiger partial charge < -0.3 is 10.0 Å². The van der Waals surface area contributed by atoms with Crippen molar-refractivity contribution in [1.82, 2.24) is 9.88 Å². The van der Waals surface area contributed by atoms with E-state index in [0.717, 1.165) is 18.8 Å². The number of aliphatic hydroxyl groups is 1. The Morgan fingerprint density at radius 2 is 2.47 bits per heavy atom. The minimum absolute atomic E-state index is 0.172. The van der Waals surface area contributed by atoms with Crippen molar-refractivity contribution in [2.24, 2.45) is 0 Å². The molecule has 2 heterocycles. The summed E-state index contributed by atoms with van der Waals surface area (Å²) in [5.74, 6) is 0.777. The minimum atomic E-state index is 0.172. The summed E-state index contributed by atoms with van der Waals surface area (Å²) in [5, 5.41) is 12.5. The van der Waals surface area contributed by atoms with Crippen molar-refractivity contribution >= 4 is 11.3 Å². The number of likely N-dealkylation sites (N-methyl/N-ethyl adjacent to an activating group) is 1. The monoisotopic (exact) mass is 254 g/mol. The topological polar surface area (TPSA) is 36.4 Å². The molecule has 0 radical (unpaired) electrons. The molecule has 1 aromatic rings. The fourth-order valence-electron chi connectivity index (χ4n) is 2.35. The lowest BCUT2D eigenvalue weighted by molar-refractivity contribution is 0.217. The first kappa shape index (κ1) is 13.0. The molecular formula is C13H22N2OS. The third-order valence-corrected chi connectivity index (χ3v) is 4.65. The smallest absolute Gasteiger partial charge is 0.0972 e. The summed E-state index contributed by atoms with van der Waals surface area (Å²) in [4.78, 5) is 7.21. The lowest BCUT2D eigenvalue weighted by Gasteiger charge is -2.30. The second kappa shape index (κ2) is 5.94. The number of piperidine rings is 1. The average Bonchev–Trinajstić information content (AvgIpc) is 2.87. The van der Waals surface area contributed by atoms with E-state index in [0.29, 0.717) is 5.92 Å². The molecule has 0 spiro atoms. The molecule has 0 aromatic carbocycles. The molecule has 0 amide bonds. The minimum Gasteiger partial charge on any atom is -0.396 e. The molecule has 0 saturated carbocycles. The van der Waals surface area contributed by atoms with Crippen molar-refractivity contribution in [3.05, 3.63) is 16.1 Å². The second-order valence-corrected chi connectivity index (χ2v) is 5.82. The van der Waals surface area contributed by atoms with Crippen LogP contribution in [0.2, 0.25) is 0 Å². The van der Waals surface area contributed by atoms with Crippen LogP contribution < -0.4 is 0 Å². The van der Waals surface area contributed by atoms with Crippen LogP contribution in [0.15, 0.2) is 5.38 Å². The number of hydrogen-bond donors (Lipinski definition) is 1. The van der Waals surface area contributed by atoms with E-state index in [4.69, 9.17) is 10.1 Å². The van der Waals surface area contributed by atoms with Gasteiger partial charge in [0, 0.05) is 23.8 Å². The Labute approximate surface area is 107 Å². The Hall–Kier alpha value is -0.450. The summed E-state index contributed by atoms with van der Waals surface area (Å²) in [6.45, 7) is 7.97. The number of likely N-dealkylation sites (tertiary alicyclic amines) is 1. The Bertz CT molecular complexity index is 353. The van der Waals surface area contributed by atoms with Crippen LogP contribution in [0.1, 0.15) is 49.2 Å². The predicted molar refractivity (Wildman–Crippen MR) is 71.7 cm³/mol. The number of rotatable bonds is 4. The van der Waals surface area contributed by atoms with Gasteiger partial charge in [0.15, 0.2) is 0 Å². The summed E-state index contributed by atoms with van der Waals surface area (Å²) >= 11 is 1.76. The van der Waals surface area contributed by atoms with Crippen LogP contribution in [0.5, 0.6) is 0 Å². The molecule has 2 unspecified atom stereocenters. The second-order valence-electron chi connectivity index (χ2n) is 4.93. The van der Waals surface area contributed by atoms with Crippen molar-refractivity contribution in [3.8, 4) is 0 Å². The van der Waals surface area contributed by atoms with Gasteiger partial charge in [0.05, 0.1) is 17.3 Å². The Morgan fingerprint density at radius 1 is 1.65 bits per heavy atom. The third-order valence-electron chi connectivity index (χ3n) is 3.62. The highest BCUT2D eigenvalue weighted by molar-refractivity contribution is 7.09. The van der Waals surface area contributed by atoms with Gasteiger partial charge in [-0.2, -0.15) is 0 Å². The van der Waals surface area contributed by atoms with Gasteiger partial charge in [0.25, 0.3) is 0 Å². The number of hydrogen-bond acceptors (Lipinski definition) is 4. The molecule has 2 rings (SSSR count). The predicted octanol–water partition coefficient (Wildman–Crippen LogP) is 2.44. The lowest BCUT2D eigenvalue weighted by atomic mass is 9.99. The molecule has 1 fully saturated rings. The zero-order chi connectivity index (χ0) is 12.3.